The molecular formula is C15H16N4O2. The van der Waals surface area contributed by atoms with E-state index in [0.717, 1.165) is 18.6 Å². The molecule has 1 aliphatic carbocycles. The highest BCUT2D eigenvalue weighted by Crippen LogP contribution is 2.29. The minimum absolute atomic E-state index is 0.293. The van der Waals surface area contributed by atoms with Crippen LogP contribution in [0.3, 0.4) is 0 Å². The van der Waals surface area contributed by atoms with Crippen LogP contribution in [0.15, 0.2) is 29.7 Å². The predicted molar refractivity (Wildman–Crippen MR) is 79.6 cm³/mol. The molecule has 6 heteroatoms. The van der Waals surface area contributed by atoms with Crippen LogP contribution in [0.4, 0.5) is 5.82 Å². The zero-order chi connectivity index (χ0) is 14.7. The number of nitrogens with two attached hydrogens (primary N) is 1. The number of hydrogen-bond donors (Lipinski definition) is 1. The lowest BCUT2D eigenvalue weighted by Crippen LogP contribution is -2.02. The molecule has 0 amide bonds. The summed E-state index contributed by atoms with van der Waals surface area (Å²) in [5, 5.41) is 3.70. The fourth-order valence-electron chi connectivity index (χ4n) is 2.42. The van der Waals surface area contributed by atoms with Crippen molar-refractivity contribution in [2.75, 3.05) is 12.8 Å². The lowest BCUT2D eigenvalue weighted by atomic mass is 10.1. The molecule has 0 unspecified atom stereocenters. The molecule has 0 saturated heterocycles. The van der Waals surface area contributed by atoms with Crippen LogP contribution < -0.4 is 10.5 Å². The fraction of sp³-hybridized carbons (Fsp3) is 0.267. The molecule has 2 N–H and O–H groups in total. The summed E-state index contributed by atoms with van der Waals surface area (Å²) in [6, 6.07) is 6.10. The van der Waals surface area contributed by atoms with Gasteiger partial charge in [-0.3, -0.25) is 0 Å². The molecule has 2 aromatic rings. The first-order valence-corrected chi connectivity index (χ1v) is 6.74. The number of ether oxygens (including phenoxy) is 1. The molecule has 1 aromatic carbocycles. The Labute approximate surface area is 122 Å². The molecule has 0 bridgehead atoms. The molecule has 108 valence electrons. The summed E-state index contributed by atoms with van der Waals surface area (Å²) in [5.74, 6) is 1.39. The third-order valence-corrected chi connectivity index (χ3v) is 3.45. The number of rotatable bonds is 4. The van der Waals surface area contributed by atoms with Crippen molar-refractivity contribution in [3.8, 4) is 11.6 Å². The minimum atomic E-state index is 0.293. The smallest absolute Gasteiger partial charge is 0.233 e. The SMILES string of the molecule is CO/N=C/c1c(N)ncnc1Oc1ccc2c(c1)CCC2. The Hall–Kier alpha value is -2.63. The van der Waals surface area contributed by atoms with Gasteiger partial charge in [0, 0.05) is 0 Å². The van der Waals surface area contributed by atoms with Gasteiger partial charge in [0.25, 0.3) is 0 Å². The van der Waals surface area contributed by atoms with Gasteiger partial charge in [-0.25, -0.2) is 9.97 Å². The van der Waals surface area contributed by atoms with Crippen molar-refractivity contribution in [2.45, 2.75) is 19.3 Å². The van der Waals surface area contributed by atoms with Gasteiger partial charge in [-0.15, -0.1) is 0 Å². The van der Waals surface area contributed by atoms with Crippen molar-refractivity contribution in [1.29, 1.82) is 0 Å². The highest BCUT2D eigenvalue weighted by atomic mass is 16.6. The first kappa shape index (κ1) is 13.4. The first-order chi connectivity index (χ1) is 10.3. The maximum atomic E-state index is 5.83. The van der Waals surface area contributed by atoms with Crippen LogP contribution in [0.2, 0.25) is 0 Å². The van der Waals surface area contributed by atoms with E-state index in [1.807, 2.05) is 6.07 Å². The number of nitrogen functional groups attached to an aromatic ring is 1. The van der Waals surface area contributed by atoms with Crippen LogP contribution in [0.5, 0.6) is 11.6 Å². The normalized spacial score (nSPS) is 13.4. The van der Waals surface area contributed by atoms with E-state index in [0.29, 0.717) is 17.3 Å². The Balaban J connectivity index is 1.91. The highest BCUT2D eigenvalue weighted by Gasteiger charge is 2.14. The number of oxime groups is 1. The number of fused-ring (bicyclic) bond motifs is 1. The van der Waals surface area contributed by atoms with E-state index in [4.69, 9.17) is 10.5 Å². The highest BCUT2D eigenvalue weighted by molar-refractivity contribution is 5.88. The van der Waals surface area contributed by atoms with E-state index >= 15 is 0 Å². The number of benzene rings is 1. The van der Waals surface area contributed by atoms with Gasteiger partial charge in [0.15, 0.2) is 0 Å². The average Bonchev–Trinajstić information content (AvgIpc) is 2.94. The summed E-state index contributed by atoms with van der Waals surface area (Å²) >= 11 is 0. The molecule has 0 aliphatic heterocycles. The van der Waals surface area contributed by atoms with Crippen molar-refractivity contribution in [3.63, 3.8) is 0 Å². The van der Waals surface area contributed by atoms with Crippen LogP contribution in [0.1, 0.15) is 23.1 Å². The summed E-state index contributed by atoms with van der Waals surface area (Å²) in [5.41, 5.74) is 9.06. The molecule has 0 radical (unpaired) electrons. The maximum absolute atomic E-state index is 5.83. The first-order valence-electron chi connectivity index (χ1n) is 6.74. The average molecular weight is 284 g/mol. The molecule has 0 spiro atoms. The lowest BCUT2D eigenvalue weighted by Gasteiger charge is -2.09. The molecule has 1 heterocycles. The van der Waals surface area contributed by atoms with Crippen LogP contribution in [-0.2, 0) is 17.7 Å². The van der Waals surface area contributed by atoms with E-state index in [1.54, 1.807) is 0 Å². The van der Waals surface area contributed by atoms with Gasteiger partial charge in [0.1, 0.15) is 30.6 Å². The minimum Gasteiger partial charge on any atom is -0.438 e. The van der Waals surface area contributed by atoms with E-state index in [9.17, 15) is 0 Å². The number of nitrogens with zero attached hydrogens (tertiary/aromatic N) is 3. The van der Waals surface area contributed by atoms with Crippen LogP contribution in [0, 0.1) is 0 Å². The topological polar surface area (TPSA) is 82.6 Å². The molecular weight excluding hydrogens is 268 g/mol. The Kier molecular flexibility index (Phi) is 3.68. The molecule has 1 aromatic heterocycles. The fourth-order valence-corrected chi connectivity index (χ4v) is 2.42. The standard InChI is InChI=1S/C15H16N4O2/c1-20-19-8-13-14(16)17-9-18-15(13)21-12-6-5-10-3-2-4-11(10)7-12/h5-9H,2-4H2,1H3,(H2,16,17,18)/b19-8+. The van der Waals surface area contributed by atoms with Gasteiger partial charge in [0.05, 0.1) is 6.21 Å². The molecule has 21 heavy (non-hydrogen) atoms. The zero-order valence-corrected chi connectivity index (χ0v) is 11.7. The van der Waals surface area contributed by atoms with E-state index < -0.39 is 0 Å². The van der Waals surface area contributed by atoms with E-state index in [-0.39, 0.29) is 0 Å². The number of anilines is 1. The van der Waals surface area contributed by atoms with Crippen molar-refractivity contribution < 1.29 is 9.57 Å². The second-order valence-electron chi connectivity index (χ2n) is 4.78. The quantitative estimate of drug-likeness (QED) is 0.688. The molecule has 0 atom stereocenters. The summed E-state index contributed by atoms with van der Waals surface area (Å²) in [4.78, 5) is 12.7. The van der Waals surface area contributed by atoms with Gasteiger partial charge >= 0.3 is 0 Å². The summed E-state index contributed by atoms with van der Waals surface area (Å²) < 4.78 is 5.83. The molecule has 1 aliphatic rings. The van der Waals surface area contributed by atoms with Gasteiger partial charge in [-0.1, -0.05) is 11.2 Å². The zero-order valence-electron chi connectivity index (χ0n) is 11.7. The van der Waals surface area contributed by atoms with Crippen molar-refractivity contribution in [3.05, 3.63) is 41.2 Å². The van der Waals surface area contributed by atoms with Gasteiger partial charge in [0.2, 0.25) is 5.88 Å². The van der Waals surface area contributed by atoms with Crippen LogP contribution in [0.25, 0.3) is 0 Å². The Bertz CT molecular complexity index is 685. The molecule has 6 nitrogen and oxygen atoms in total. The third-order valence-electron chi connectivity index (χ3n) is 3.45. The summed E-state index contributed by atoms with van der Waals surface area (Å²) in [6.45, 7) is 0. The molecule has 3 rings (SSSR count). The molecule has 0 fully saturated rings. The van der Waals surface area contributed by atoms with E-state index in [2.05, 4.69) is 32.1 Å². The number of hydrogen-bond acceptors (Lipinski definition) is 6. The van der Waals surface area contributed by atoms with E-state index in [1.165, 1.54) is 37.2 Å². The number of aryl methyl sites for hydroxylation is 2. The number of aromatic nitrogens is 2. The monoisotopic (exact) mass is 284 g/mol. The maximum Gasteiger partial charge on any atom is 0.233 e. The Morgan fingerprint density at radius 3 is 2.95 bits per heavy atom. The second-order valence-corrected chi connectivity index (χ2v) is 4.78. The Morgan fingerprint density at radius 1 is 1.24 bits per heavy atom. The predicted octanol–water partition coefficient (Wildman–Crippen LogP) is 2.32. The van der Waals surface area contributed by atoms with Crippen molar-refractivity contribution in [1.82, 2.24) is 9.97 Å². The van der Waals surface area contributed by atoms with Gasteiger partial charge < -0.3 is 15.3 Å². The summed E-state index contributed by atoms with van der Waals surface area (Å²) in [6.07, 6.45) is 6.24. The second kappa shape index (κ2) is 5.78. The Morgan fingerprint density at radius 2 is 2.10 bits per heavy atom. The van der Waals surface area contributed by atoms with Crippen LogP contribution >= 0.6 is 0 Å². The van der Waals surface area contributed by atoms with Gasteiger partial charge in [-0.2, -0.15) is 0 Å². The van der Waals surface area contributed by atoms with Gasteiger partial charge in [-0.05, 0) is 42.5 Å². The lowest BCUT2D eigenvalue weighted by molar-refractivity contribution is 0.215. The summed E-state index contributed by atoms with van der Waals surface area (Å²) in [7, 11) is 1.46. The van der Waals surface area contributed by atoms with Crippen LogP contribution in [-0.4, -0.2) is 23.3 Å². The third kappa shape index (κ3) is 2.79. The van der Waals surface area contributed by atoms with Crippen molar-refractivity contribution >= 4 is 12.0 Å². The molecule has 0 saturated carbocycles. The largest absolute Gasteiger partial charge is 0.438 e. The van der Waals surface area contributed by atoms with Crippen molar-refractivity contribution in [2.24, 2.45) is 5.16 Å².